The van der Waals surface area contributed by atoms with Crippen LogP contribution in [0.15, 0.2) is 65.8 Å². The minimum atomic E-state index is -4.66. The van der Waals surface area contributed by atoms with Gasteiger partial charge in [-0.2, -0.15) is 13.2 Å². The molecule has 0 aliphatic carbocycles. The first-order valence-electron chi connectivity index (χ1n) is 15.0. The number of hydrogen-bond donors (Lipinski definition) is 2. The third-order valence-electron chi connectivity index (χ3n) is 8.59. The summed E-state index contributed by atoms with van der Waals surface area (Å²) in [5.41, 5.74) is -0.508. The Hall–Kier alpha value is -5.44. The van der Waals surface area contributed by atoms with Crippen molar-refractivity contribution in [2.75, 3.05) is 24.7 Å². The maximum absolute atomic E-state index is 16.0. The second-order valence-electron chi connectivity index (χ2n) is 11.7. The van der Waals surface area contributed by atoms with E-state index in [1.165, 1.54) is 49.3 Å². The predicted octanol–water partition coefficient (Wildman–Crippen LogP) is 4.93. The summed E-state index contributed by atoms with van der Waals surface area (Å²) in [6.07, 6.45) is -0.675. The molecule has 4 heterocycles. The maximum Gasteiger partial charge on any atom is 0.411 e. The lowest BCUT2D eigenvalue weighted by Gasteiger charge is -2.38. The van der Waals surface area contributed by atoms with Crippen molar-refractivity contribution in [1.29, 1.82) is 0 Å². The van der Waals surface area contributed by atoms with Crippen LogP contribution in [0.25, 0.3) is 32.9 Å². The molecule has 3 aromatic heterocycles. The highest BCUT2D eigenvalue weighted by Crippen LogP contribution is 2.34. The number of morpholine rings is 1. The molecule has 2 aromatic carbocycles. The van der Waals surface area contributed by atoms with E-state index in [9.17, 15) is 32.7 Å². The number of alkyl halides is 3. The van der Waals surface area contributed by atoms with Crippen LogP contribution in [0.5, 0.6) is 0 Å². The van der Waals surface area contributed by atoms with E-state index in [0.29, 0.717) is 16.3 Å². The number of fused-ring (bicyclic) bond motifs is 2. The molecule has 0 saturated carbocycles. The number of aliphatic carboxylic acids is 1. The zero-order valence-corrected chi connectivity index (χ0v) is 26.0. The van der Waals surface area contributed by atoms with E-state index >= 15 is 8.78 Å². The highest BCUT2D eigenvalue weighted by molar-refractivity contribution is 6.00. The molecule has 15 heteroatoms. The molecule has 1 fully saturated rings. The van der Waals surface area contributed by atoms with Crippen LogP contribution >= 0.6 is 0 Å². The van der Waals surface area contributed by atoms with Crippen molar-refractivity contribution < 1.29 is 41.4 Å². The summed E-state index contributed by atoms with van der Waals surface area (Å²) in [6.45, 7) is 0.494. The van der Waals surface area contributed by atoms with Crippen LogP contribution in [0.2, 0.25) is 0 Å². The summed E-state index contributed by atoms with van der Waals surface area (Å²) in [5, 5.41) is 13.2. The Labute approximate surface area is 274 Å². The fourth-order valence-corrected chi connectivity index (χ4v) is 6.22. The van der Waals surface area contributed by atoms with Crippen molar-refractivity contribution in [1.82, 2.24) is 19.9 Å². The molecule has 0 radical (unpaired) electrons. The largest absolute Gasteiger partial charge is 0.480 e. The van der Waals surface area contributed by atoms with Gasteiger partial charge in [0.15, 0.2) is 0 Å². The van der Waals surface area contributed by atoms with E-state index in [1.807, 2.05) is 0 Å². The third kappa shape index (κ3) is 6.28. The summed E-state index contributed by atoms with van der Waals surface area (Å²) in [4.78, 5) is 48.3. The van der Waals surface area contributed by atoms with E-state index in [-0.39, 0.29) is 46.6 Å². The Kier molecular flexibility index (Phi) is 8.79. The second-order valence-corrected chi connectivity index (χ2v) is 11.7. The van der Waals surface area contributed by atoms with E-state index in [4.69, 9.17) is 4.74 Å². The quantitative estimate of drug-likeness (QED) is 0.232. The Bertz CT molecular complexity index is 2160. The molecule has 1 aliphatic rings. The summed E-state index contributed by atoms with van der Waals surface area (Å²) in [6, 6.07) is 5.63. The number of benzene rings is 2. The number of rotatable bonds is 7. The van der Waals surface area contributed by atoms with Crippen LogP contribution in [-0.4, -0.2) is 69.5 Å². The number of halogens is 5. The standard InChI is InChI=1S/C34H28F5N5O5/c1-17-10-20(44-8-9-49-16-27(44)34(37,38)39)14-24(36)28(17)31(45)42-25(33(47)48)13-18-12-23(35)29(30-21(18)4-3-6-41-30)22-11-19-15-40-7-5-26(19)43(2)32(22)46/h3-7,10-12,14-15,25,27H,8-9,13,16H2,1-2H3,(H,42,45)(H,47,48)/t25-,27+/m0/s1. The molecule has 0 unspecified atom stereocenters. The van der Waals surface area contributed by atoms with Crippen molar-refractivity contribution >= 4 is 39.4 Å². The number of anilines is 1. The predicted molar refractivity (Wildman–Crippen MR) is 169 cm³/mol. The summed E-state index contributed by atoms with van der Waals surface area (Å²) in [5.74, 6) is -4.66. The Morgan fingerprint density at radius 1 is 1.12 bits per heavy atom. The van der Waals surface area contributed by atoms with E-state index < -0.39 is 65.9 Å². The van der Waals surface area contributed by atoms with Gasteiger partial charge in [0, 0.05) is 60.6 Å². The molecule has 2 N–H and O–H groups in total. The first-order chi connectivity index (χ1) is 23.3. The van der Waals surface area contributed by atoms with Gasteiger partial charge in [-0.3, -0.25) is 19.6 Å². The Morgan fingerprint density at radius 2 is 1.90 bits per heavy atom. The number of amides is 1. The number of carboxylic acids is 1. The average Bonchev–Trinajstić information content (AvgIpc) is 3.05. The number of aryl methyl sites for hydroxylation is 2. The molecule has 1 amide bonds. The first-order valence-corrected chi connectivity index (χ1v) is 15.0. The van der Waals surface area contributed by atoms with E-state index in [1.54, 1.807) is 18.2 Å². The first kappa shape index (κ1) is 33.5. The van der Waals surface area contributed by atoms with Crippen LogP contribution in [-0.2, 0) is 23.0 Å². The molecule has 6 rings (SSSR count). The summed E-state index contributed by atoms with van der Waals surface area (Å²) >= 11 is 0. The molecule has 1 saturated heterocycles. The molecular weight excluding hydrogens is 653 g/mol. The number of nitrogens with one attached hydrogen (secondary N) is 1. The molecule has 1 aliphatic heterocycles. The molecule has 0 spiro atoms. The number of hydrogen-bond acceptors (Lipinski definition) is 7. The Morgan fingerprint density at radius 3 is 2.61 bits per heavy atom. The lowest BCUT2D eigenvalue weighted by atomic mass is 9.94. The van der Waals surface area contributed by atoms with Gasteiger partial charge in [-0.15, -0.1) is 0 Å². The number of carboxylic acid groups (broad SMARTS) is 1. The number of carbonyl (C=O) groups is 2. The van der Waals surface area contributed by atoms with Gasteiger partial charge in [0.2, 0.25) is 0 Å². The number of pyridine rings is 3. The van der Waals surface area contributed by atoms with Gasteiger partial charge in [0.05, 0.1) is 35.4 Å². The number of carbonyl (C=O) groups excluding carboxylic acids is 1. The minimum absolute atomic E-state index is 0.00636. The van der Waals surface area contributed by atoms with Crippen LogP contribution in [0.3, 0.4) is 0 Å². The van der Waals surface area contributed by atoms with Gasteiger partial charge < -0.3 is 24.6 Å². The van der Waals surface area contributed by atoms with Gasteiger partial charge in [-0.25, -0.2) is 13.6 Å². The zero-order valence-electron chi connectivity index (χ0n) is 26.0. The van der Waals surface area contributed by atoms with Crippen molar-refractivity contribution in [3.63, 3.8) is 0 Å². The van der Waals surface area contributed by atoms with Crippen LogP contribution in [0.4, 0.5) is 27.6 Å². The second kappa shape index (κ2) is 12.9. The number of aromatic nitrogens is 3. The molecule has 5 aromatic rings. The molecular formula is C34H28F5N5O5. The van der Waals surface area contributed by atoms with Crippen LogP contribution in [0, 0.1) is 18.6 Å². The highest BCUT2D eigenvalue weighted by atomic mass is 19.4. The van der Waals surface area contributed by atoms with Crippen molar-refractivity contribution in [3.05, 3.63) is 99.7 Å². The summed E-state index contributed by atoms with van der Waals surface area (Å²) in [7, 11) is 1.54. The highest BCUT2D eigenvalue weighted by Gasteiger charge is 2.45. The fourth-order valence-electron chi connectivity index (χ4n) is 6.22. The zero-order chi connectivity index (χ0) is 35.2. The van der Waals surface area contributed by atoms with Crippen LogP contribution in [0.1, 0.15) is 21.5 Å². The SMILES string of the molecule is Cc1cc(N2CCOC[C@@H]2C(F)(F)F)cc(F)c1C(=O)N[C@@H](Cc1cc(F)c(-c2cc3cnccc3n(C)c2=O)c2ncccc12)C(=O)O. The van der Waals surface area contributed by atoms with Gasteiger partial charge >= 0.3 is 12.1 Å². The normalized spacial score (nSPS) is 15.8. The lowest BCUT2D eigenvalue weighted by molar-refractivity contribution is -0.167. The molecule has 2 atom stereocenters. The molecule has 10 nitrogen and oxygen atoms in total. The van der Waals surface area contributed by atoms with Gasteiger partial charge in [0.1, 0.15) is 23.7 Å². The molecule has 0 bridgehead atoms. The van der Waals surface area contributed by atoms with E-state index in [2.05, 4.69) is 15.3 Å². The minimum Gasteiger partial charge on any atom is -0.480 e. The molecule has 254 valence electrons. The van der Waals surface area contributed by atoms with E-state index in [0.717, 1.165) is 17.0 Å². The fraction of sp³-hybridized carbons (Fsp3) is 0.265. The van der Waals surface area contributed by atoms with Gasteiger partial charge in [0.25, 0.3) is 11.5 Å². The number of ether oxygens (including phenoxy) is 1. The third-order valence-corrected chi connectivity index (χ3v) is 8.59. The van der Waals surface area contributed by atoms with Gasteiger partial charge in [-0.1, -0.05) is 6.07 Å². The Balaban J connectivity index is 1.33. The van der Waals surface area contributed by atoms with Gasteiger partial charge in [-0.05, 0) is 54.4 Å². The average molecular weight is 682 g/mol. The maximum atomic E-state index is 16.0. The van der Waals surface area contributed by atoms with Crippen molar-refractivity contribution in [2.24, 2.45) is 7.05 Å². The number of nitrogens with zero attached hydrogens (tertiary/aromatic N) is 4. The monoisotopic (exact) mass is 681 g/mol. The smallest absolute Gasteiger partial charge is 0.411 e. The van der Waals surface area contributed by atoms with Crippen LogP contribution < -0.4 is 15.8 Å². The van der Waals surface area contributed by atoms with Crippen molar-refractivity contribution in [3.8, 4) is 11.1 Å². The lowest BCUT2D eigenvalue weighted by Crippen LogP contribution is -2.53. The van der Waals surface area contributed by atoms with Crippen molar-refractivity contribution in [2.45, 2.75) is 31.6 Å². The molecule has 49 heavy (non-hydrogen) atoms. The topological polar surface area (TPSA) is 127 Å². The summed E-state index contributed by atoms with van der Waals surface area (Å²) < 4.78 is 78.6.